The lowest BCUT2D eigenvalue weighted by Gasteiger charge is -2.25. The van der Waals surface area contributed by atoms with Crippen molar-refractivity contribution in [1.82, 2.24) is 4.90 Å². The van der Waals surface area contributed by atoms with Crippen LogP contribution in [0.15, 0.2) is 15.9 Å². The monoisotopic (exact) mass is 276 g/mol. The van der Waals surface area contributed by atoms with Gasteiger partial charge in [-0.3, -0.25) is 4.90 Å². The van der Waals surface area contributed by atoms with Gasteiger partial charge in [-0.25, -0.2) is 0 Å². The number of hydrogen-bond acceptors (Lipinski definition) is 3. The first-order chi connectivity index (χ1) is 6.37. The molecule has 0 spiro atoms. The summed E-state index contributed by atoms with van der Waals surface area (Å²) in [6.45, 7) is 5.97. The number of nitrogens with two attached hydrogens (primary N) is 1. The molecule has 0 saturated heterocycles. The molecule has 0 bridgehead atoms. The van der Waals surface area contributed by atoms with Gasteiger partial charge in [-0.15, -0.1) is 11.3 Å². The smallest absolute Gasteiger partial charge is 0.0326 e. The molecule has 0 amide bonds. The summed E-state index contributed by atoms with van der Waals surface area (Å²) < 4.78 is 1.16. The Labute approximate surface area is 98.2 Å². The van der Waals surface area contributed by atoms with E-state index in [1.54, 1.807) is 11.3 Å². The van der Waals surface area contributed by atoms with Crippen molar-refractivity contribution in [3.05, 3.63) is 20.8 Å². The maximum Gasteiger partial charge on any atom is 0.0326 e. The Morgan fingerprint density at radius 3 is 2.64 bits per heavy atom. The van der Waals surface area contributed by atoms with Crippen LogP contribution in [-0.4, -0.2) is 24.0 Å². The van der Waals surface area contributed by atoms with E-state index in [4.69, 9.17) is 5.73 Å². The Morgan fingerprint density at radius 1 is 1.57 bits per heavy atom. The molecule has 0 saturated carbocycles. The fraction of sp³-hybridized carbons (Fsp3) is 0.600. The highest BCUT2D eigenvalue weighted by molar-refractivity contribution is 9.10. The first-order valence-corrected chi connectivity index (χ1v) is 6.24. The molecule has 0 radical (unpaired) electrons. The number of hydrogen-bond donors (Lipinski definition) is 1. The van der Waals surface area contributed by atoms with E-state index in [0.717, 1.165) is 17.6 Å². The van der Waals surface area contributed by atoms with E-state index in [0.29, 0.717) is 0 Å². The van der Waals surface area contributed by atoms with Crippen LogP contribution in [0.2, 0.25) is 0 Å². The Balaban J connectivity index is 2.45. The van der Waals surface area contributed by atoms with Crippen LogP contribution < -0.4 is 5.73 Å². The third-order valence-corrected chi connectivity index (χ3v) is 3.41. The molecule has 1 rings (SSSR count). The van der Waals surface area contributed by atoms with Gasteiger partial charge in [-0.05, 0) is 42.9 Å². The lowest BCUT2D eigenvalue weighted by molar-refractivity contribution is 0.265. The summed E-state index contributed by atoms with van der Waals surface area (Å²) in [5.74, 6) is 0. The zero-order valence-corrected chi connectivity index (χ0v) is 11.3. The van der Waals surface area contributed by atoms with Crippen LogP contribution in [0.25, 0.3) is 0 Å². The number of rotatable bonds is 4. The van der Waals surface area contributed by atoms with Crippen molar-refractivity contribution in [2.24, 2.45) is 5.73 Å². The van der Waals surface area contributed by atoms with Crippen LogP contribution in [0, 0.1) is 0 Å². The van der Waals surface area contributed by atoms with Crippen molar-refractivity contribution < 1.29 is 0 Å². The molecule has 2 nitrogen and oxygen atoms in total. The molecule has 1 heterocycles. The molecule has 0 aliphatic rings. The minimum absolute atomic E-state index is 0.122. The van der Waals surface area contributed by atoms with Gasteiger partial charge in [-0.2, -0.15) is 0 Å². The van der Waals surface area contributed by atoms with E-state index in [1.165, 1.54) is 4.88 Å². The number of thiophene rings is 1. The van der Waals surface area contributed by atoms with Crippen molar-refractivity contribution in [2.45, 2.75) is 25.9 Å². The van der Waals surface area contributed by atoms with Crippen molar-refractivity contribution in [3.63, 3.8) is 0 Å². The maximum absolute atomic E-state index is 5.95. The second kappa shape index (κ2) is 4.75. The minimum atomic E-state index is -0.122. The summed E-state index contributed by atoms with van der Waals surface area (Å²) >= 11 is 5.23. The Morgan fingerprint density at radius 2 is 2.21 bits per heavy atom. The summed E-state index contributed by atoms with van der Waals surface area (Å²) in [4.78, 5) is 3.61. The molecule has 2 N–H and O–H groups in total. The van der Waals surface area contributed by atoms with E-state index >= 15 is 0 Å². The van der Waals surface area contributed by atoms with Crippen molar-refractivity contribution in [1.29, 1.82) is 0 Å². The van der Waals surface area contributed by atoms with Gasteiger partial charge in [0.1, 0.15) is 0 Å². The van der Waals surface area contributed by atoms with E-state index < -0.39 is 0 Å². The van der Waals surface area contributed by atoms with Gasteiger partial charge in [0, 0.05) is 33.4 Å². The van der Waals surface area contributed by atoms with Crippen LogP contribution in [0.3, 0.4) is 0 Å². The summed E-state index contributed by atoms with van der Waals surface area (Å²) in [6.07, 6.45) is 0. The second-order valence-electron chi connectivity index (χ2n) is 4.39. The number of likely N-dealkylation sites (N-methyl/N-ethyl adjacent to an activating group) is 1. The average molecular weight is 277 g/mol. The van der Waals surface area contributed by atoms with Crippen LogP contribution in [0.4, 0.5) is 0 Å². The van der Waals surface area contributed by atoms with Crippen molar-refractivity contribution >= 4 is 27.3 Å². The summed E-state index contributed by atoms with van der Waals surface area (Å²) in [5.41, 5.74) is 5.83. The van der Waals surface area contributed by atoms with E-state index in [9.17, 15) is 0 Å². The third kappa shape index (κ3) is 4.55. The molecular formula is C10H17BrN2S. The molecule has 0 aliphatic heterocycles. The molecule has 0 aromatic carbocycles. The molecule has 0 unspecified atom stereocenters. The van der Waals surface area contributed by atoms with Gasteiger partial charge in [0.05, 0.1) is 0 Å². The highest BCUT2D eigenvalue weighted by Gasteiger charge is 2.14. The molecule has 14 heavy (non-hydrogen) atoms. The lowest BCUT2D eigenvalue weighted by atomic mass is 10.1. The lowest BCUT2D eigenvalue weighted by Crippen LogP contribution is -2.43. The van der Waals surface area contributed by atoms with Gasteiger partial charge in [0.15, 0.2) is 0 Å². The van der Waals surface area contributed by atoms with E-state index in [1.807, 2.05) is 13.8 Å². The van der Waals surface area contributed by atoms with Gasteiger partial charge in [-0.1, -0.05) is 0 Å². The zero-order chi connectivity index (χ0) is 10.8. The Hall–Kier alpha value is 0.1000. The largest absolute Gasteiger partial charge is 0.324 e. The van der Waals surface area contributed by atoms with Gasteiger partial charge in [0.2, 0.25) is 0 Å². The quantitative estimate of drug-likeness (QED) is 0.916. The average Bonchev–Trinajstić information content (AvgIpc) is 2.30. The van der Waals surface area contributed by atoms with Gasteiger partial charge in [0.25, 0.3) is 0 Å². The fourth-order valence-electron chi connectivity index (χ4n) is 1.45. The van der Waals surface area contributed by atoms with Crippen molar-refractivity contribution in [3.8, 4) is 0 Å². The Bertz CT molecular complexity index is 291. The molecule has 4 heteroatoms. The molecule has 1 aromatic heterocycles. The summed E-state index contributed by atoms with van der Waals surface area (Å²) in [6, 6.07) is 2.16. The fourth-order valence-corrected chi connectivity index (χ4v) is 2.98. The molecule has 0 aliphatic carbocycles. The SMILES string of the molecule is CN(Cc1cc(Br)cs1)CC(C)(C)N. The standard InChI is InChI=1S/C10H17BrN2S/c1-10(2,12)7-13(3)5-9-4-8(11)6-14-9/h4,6H,5,7,12H2,1-3H3. The zero-order valence-electron chi connectivity index (χ0n) is 8.88. The Kier molecular flexibility index (Phi) is 4.13. The molecule has 0 atom stereocenters. The predicted octanol–water partition coefficient (Wildman–Crippen LogP) is 2.68. The summed E-state index contributed by atoms with van der Waals surface area (Å²) in [5, 5.41) is 2.11. The molecule has 80 valence electrons. The molecule has 0 fully saturated rings. The first kappa shape index (κ1) is 12.2. The topological polar surface area (TPSA) is 29.3 Å². The third-order valence-electron chi connectivity index (χ3n) is 1.72. The maximum atomic E-state index is 5.95. The minimum Gasteiger partial charge on any atom is -0.324 e. The van der Waals surface area contributed by atoms with Gasteiger partial charge < -0.3 is 5.73 Å². The van der Waals surface area contributed by atoms with Crippen molar-refractivity contribution in [2.75, 3.05) is 13.6 Å². The van der Waals surface area contributed by atoms with Crippen LogP contribution in [-0.2, 0) is 6.54 Å². The molecule has 1 aromatic rings. The predicted molar refractivity (Wildman–Crippen MR) is 66.6 cm³/mol. The second-order valence-corrected chi connectivity index (χ2v) is 6.30. The van der Waals surface area contributed by atoms with Crippen LogP contribution >= 0.6 is 27.3 Å². The normalized spacial score (nSPS) is 12.4. The first-order valence-electron chi connectivity index (χ1n) is 4.57. The van der Waals surface area contributed by atoms with E-state index in [2.05, 4.69) is 39.3 Å². The van der Waals surface area contributed by atoms with Crippen LogP contribution in [0.1, 0.15) is 18.7 Å². The van der Waals surface area contributed by atoms with Crippen LogP contribution in [0.5, 0.6) is 0 Å². The summed E-state index contributed by atoms with van der Waals surface area (Å²) in [7, 11) is 2.10. The molecular weight excluding hydrogens is 260 g/mol. The highest BCUT2D eigenvalue weighted by atomic mass is 79.9. The highest BCUT2D eigenvalue weighted by Crippen LogP contribution is 2.21. The van der Waals surface area contributed by atoms with E-state index in [-0.39, 0.29) is 5.54 Å². The van der Waals surface area contributed by atoms with Gasteiger partial charge >= 0.3 is 0 Å². The number of halogens is 1. The number of nitrogens with zero attached hydrogens (tertiary/aromatic N) is 1.